The average molecular weight is 796 g/mol. The predicted octanol–water partition coefficient (Wildman–Crippen LogP) is 4.15. The van der Waals surface area contributed by atoms with Crippen molar-refractivity contribution in [3.05, 3.63) is 59.7 Å². The molecule has 5 amide bonds. The zero-order valence-electron chi connectivity index (χ0n) is 33.1. The van der Waals surface area contributed by atoms with Gasteiger partial charge in [0, 0.05) is 31.8 Å². The molecule has 2 atom stereocenters. The Labute approximate surface area is 333 Å². The molecular weight excluding hydrogens is 738 g/mol. The van der Waals surface area contributed by atoms with Crippen LogP contribution in [0.25, 0.3) is 11.1 Å². The van der Waals surface area contributed by atoms with E-state index in [1.165, 1.54) is 0 Å². The number of alkyl carbamates (subject to hydrolysis) is 2. The SMILES string of the molecule is CCC(=O)NCC(CNC(=O)CC)OC(=O)N[C@@H](CCNC(=O)OCC1c2ccccc2-c2ccccc21)C(=O)NCCCCC(CC)COC(=O)CCC(=O)O. The maximum absolute atomic E-state index is 13.4. The second-order valence-electron chi connectivity index (χ2n) is 13.7. The molecule has 0 aliphatic heterocycles. The minimum Gasteiger partial charge on any atom is -0.481 e. The van der Waals surface area contributed by atoms with Gasteiger partial charge in [-0.05, 0) is 47.4 Å². The number of ether oxygens (including phenoxy) is 3. The first-order valence-corrected chi connectivity index (χ1v) is 19.7. The van der Waals surface area contributed by atoms with Crippen molar-refractivity contribution in [2.24, 2.45) is 5.92 Å². The molecule has 1 aliphatic rings. The summed E-state index contributed by atoms with van der Waals surface area (Å²) in [5, 5.41) is 22.1. The van der Waals surface area contributed by atoms with E-state index >= 15 is 0 Å². The highest BCUT2D eigenvalue weighted by molar-refractivity contribution is 5.86. The van der Waals surface area contributed by atoms with E-state index in [2.05, 4.69) is 26.6 Å². The molecule has 16 heteroatoms. The Morgan fingerprint density at radius 3 is 1.89 bits per heavy atom. The molecule has 0 aromatic heterocycles. The molecule has 0 spiro atoms. The topological polar surface area (TPSA) is 228 Å². The Kier molecular flexibility index (Phi) is 19.9. The van der Waals surface area contributed by atoms with Gasteiger partial charge >= 0.3 is 24.1 Å². The Morgan fingerprint density at radius 1 is 0.702 bits per heavy atom. The number of nitrogens with one attached hydrogen (secondary N) is 5. The van der Waals surface area contributed by atoms with E-state index in [9.17, 15) is 33.6 Å². The Bertz CT molecular complexity index is 1600. The molecular formula is C41H57N5O11. The number of benzene rings is 2. The zero-order chi connectivity index (χ0) is 41.6. The Hall–Kier alpha value is -5.67. The van der Waals surface area contributed by atoms with Crippen molar-refractivity contribution in [1.82, 2.24) is 26.6 Å². The number of carbonyl (C=O) groups is 7. The van der Waals surface area contributed by atoms with Crippen LogP contribution in [0, 0.1) is 5.92 Å². The molecule has 1 aliphatic carbocycles. The fourth-order valence-corrected chi connectivity index (χ4v) is 6.22. The van der Waals surface area contributed by atoms with E-state index in [1.54, 1.807) is 13.8 Å². The van der Waals surface area contributed by atoms with E-state index in [-0.39, 0.29) is 95.1 Å². The number of esters is 1. The third-order valence-corrected chi connectivity index (χ3v) is 9.56. The van der Waals surface area contributed by atoms with E-state index in [0.717, 1.165) is 28.7 Å². The molecule has 2 aromatic carbocycles. The zero-order valence-corrected chi connectivity index (χ0v) is 33.1. The first kappa shape index (κ1) is 45.7. The number of amides is 5. The molecule has 0 saturated heterocycles. The van der Waals surface area contributed by atoms with Gasteiger partial charge in [0.2, 0.25) is 17.7 Å². The van der Waals surface area contributed by atoms with Gasteiger partial charge in [-0.3, -0.25) is 24.0 Å². The molecule has 6 N–H and O–H groups in total. The number of hydrogen-bond acceptors (Lipinski definition) is 10. The first-order valence-electron chi connectivity index (χ1n) is 19.7. The van der Waals surface area contributed by atoms with Gasteiger partial charge in [-0.15, -0.1) is 0 Å². The Balaban J connectivity index is 1.56. The molecule has 0 saturated carbocycles. The molecule has 57 heavy (non-hydrogen) atoms. The van der Waals surface area contributed by atoms with Crippen molar-refractivity contribution in [2.45, 2.75) is 96.6 Å². The molecule has 0 bridgehead atoms. The minimum atomic E-state index is -1.13. The third-order valence-electron chi connectivity index (χ3n) is 9.56. The molecule has 312 valence electrons. The summed E-state index contributed by atoms with van der Waals surface area (Å²) in [5.41, 5.74) is 4.32. The van der Waals surface area contributed by atoms with Crippen LogP contribution in [0.3, 0.4) is 0 Å². The van der Waals surface area contributed by atoms with Crippen molar-refractivity contribution in [1.29, 1.82) is 0 Å². The normalized spacial score (nSPS) is 12.6. The maximum Gasteiger partial charge on any atom is 0.408 e. The lowest BCUT2D eigenvalue weighted by Gasteiger charge is -2.23. The van der Waals surface area contributed by atoms with Crippen LogP contribution >= 0.6 is 0 Å². The minimum absolute atomic E-state index is 0.0138. The van der Waals surface area contributed by atoms with Gasteiger partial charge in [-0.2, -0.15) is 0 Å². The number of unbranched alkanes of at least 4 members (excludes halogenated alkanes) is 1. The smallest absolute Gasteiger partial charge is 0.408 e. The third kappa shape index (κ3) is 16.1. The van der Waals surface area contributed by atoms with E-state index in [1.807, 2.05) is 55.5 Å². The van der Waals surface area contributed by atoms with Crippen molar-refractivity contribution in [2.75, 3.05) is 39.4 Å². The van der Waals surface area contributed by atoms with Gasteiger partial charge in [0.1, 0.15) is 18.8 Å². The van der Waals surface area contributed by atoms with Crippen LogP contribution < -0.4 is 26.6 Å². The highest BCUT2D eigenvalue weighted by atomic mass is 16.6. The highest BCUT2D eigenvalue weighted by Crippen LogP contribution is 2.44. The van der Waals surface area contributed by atoms with Crippen LogP contribution in [0.15, 0.2) is 48.5 Å². The molecule has 2 aromatic rings. The summed E-state index contributed by atoms with van der Waals surface area (Å²) in [6, 6.07) is 14.8. The van der Waals surface area contributed by atoms with E-state index in [0.29, 0.717) is 19.3 Å². The van der Waals surface area contributed by atoms with Crippen molar-refractivity contribution < 1.29 is 52.9 Å². The first-order chi connectivity index (χ1) is 27.4. The number of carbonyl (C=O) groups excluding carboxylic acids is 6. The number of fused-ring (bicyclic) bond motifs is 3. The van der Waals surface area contributed by atoms with Crippen LogP contribution in [0.4, 0.5) is 9.59 Å². The second-order valence-corrected chi connectivity index (χ2v) is 13.7. The summed E-state index contributed by atoms with van der Waals surface area (Å²) in [6.07, 6.45) is 0.0928. The number of rotatable bonds is 25. The number of carboxylic acid groups (broad SMARTS) is 1. The van der Waals surface area contributed by atoms with Gasteiger partial charge in [0.15, 0.2) is 0 Å². The maximum atomic E-state index is 13.4. The number of aliphatic carboxylic acids is 1. The monoisotopic (exact) mass is 795 g/mol. The summed E-state index contributed by atoms with van der Waals surface area (Å²) in [6.45, 7) is 5.70. The van der Waals surface area contributed by atoms with Crippen LogP contribution in [0.5, 0.6) is 0 Å². The van der Waals surface area contributed by atoms with E-state index in [4.69, 9.17) is 19.3 Å². The summed E-state index contributed by atoms with van der Waals surface area (Å²) < 4.78 is 16.4. The van der Waals surface area contributed by atoms with Crippen molar-refractivity contribution in [3.63, 3.8) is 0 Å². The van der Waals surface area contributed by atoms with Gasteiger partial charge in [0.05, 0.1) is 32.5 Å². The lowest BCUT2D eigenvalue weighted by atomic mass is 9.98. The molecule has 16 nitrogen and oxygen atoms in total. The van der Waals surface area contributed by atoms with Crippen LogP contribution in [0.2, 0.25) is 0 Å². The van der Waals surface area contributed by atoms with Gasteiger partial charge in [-0.25, -0.2) is 9.59 Å². The molecule has 1 unspecified atom stereocenters. The lowest BCUT2D eigenvalue weighted by Crippen LogP contribution is -2.50. The lowest BCUT2D eigenvalue weighted by molar-refractivity contribution is -0.148. The molecule has 0 fully saturated rings. The number of hydrogen-bond donors (Lipinski definition) is 6. The average Bonchev–Trinajstić information content (AvgIpc) is 3.53. The quantitative estimate of drug-likeness (QED) is 0.0475. The fourth-order valence-electron chi connectivity index (χ4n) is 6.22. The summed E-state index contributed by atoms with van der Waals surface area (Å²) in [5.74, 6) is -2.76. The summed E-state index contributed by atoms with van der Waals surface area (Å²) >= 11 is 0. The molecule has 0 radical (unpaired) electrons. The largest absolute Gasteiger partial charge is 0.481 e. The number of carboxylic acids is 1. The van der Waals surface area contributed by atoms with E-state index < -0.39 is 42.2 Å². The summed E-state index contributed by atoms with van der Waals surface area (Å²) in [4.78, 5) is 85.6. The predicted molar refractivity (Wildman–Crippen MR) is 210 cm³/mol. The van der Waals surface area contributed by atoms with Gasteiger partial charge in [0.25, 0.3) is 0 Å². The summed E-state index contributed by atoms with van der Waals surface area (Å²) in [7, 11) is 0. The van der Waals surface area contributed by atoms with Crippen LogP contribution in [-0.2, 0) is 38.2 Å². The van der Waals surface area contributed by atoms with Gasteiger partial charge in [-0.1, -0.05) is 82.1 Å². The highest BCUT2D eigenvalue weighted by Gasteiger charge is 2.29. The Morgan fingerprint density at radius 2 is 1.32 bits per heavy atom. The standard InChI is InChI=1S/C41H57N5O11/c1-4-27(25-55-38(51)19-18-37(49)50)13-11-12-21-42-39(52)34(46-41(54)57-28(23-44-35(47)5-2)24-45-36(48)6-3)20-22-43-40(53)56-26-33-31-16-9-7-14-29(31)30-15-8-10-17-32(30)33/h7-10,14-17,27-28,33-34H,4-6,11-13,18-26H2,1-3H3,(H,42,52)(H,43,53)(H,44,47)(H,45,48)(H,46,54)(H,49,50)/t27?,34-/m0/s1. The molecule has 0 heterocycles. The van der Waals surface area contributed by atoms with Crippen LogP contribution in [0.1, 0.15) is 95.6 Å². The second kappa shape index (κ2) is 24.8. The van der Waals surface area contributed by atoms with Crippen LogP contribution in [-0.4, -0.2) is 98.5 Å². The van der Waals surface area contributed by atoms with Crippen molar-refractivity contribution >= 4 is 41.8 Å². The fraction of sp³-hybridized carbons (Fsp3) is 0.537. The van der Waals surface area contributed by atoms with Crippen molar-refractivity contribution in [3.8, 4) is 11.1 Å². The molecule has 3 rings (SSSR count). The van der Waals surface area contributed by atoms with Gasteiger partial charge < -0.3 is 45.9 Å².